The van der Waals surface area contributed by atoms with Crippen molar-refractivity contribution in [2.45, 2.75) is 13.5 Å². The summed E-state index contributed by atoms with van der Waals surface area (Å²) in [6.45, 7) is 2.11. The maximum Gasteiger partial charge on any atom is 0.328 e. The number of carbonyl (C=O) groups is 1. The number of hydrogen-bond acceptors (Lipinski definition) is 5. The van der Waals surface area contributed by atoms with Crippen LogP contribution in [0.3, 0.4) is 0 Å². The van der Waals surface area contributed by atoms with E-state index in [0.717, 1.165) is 28.1 Å². The van der Waals surface area contributed by atoms with Crippen LogP contribution >= 0.6 is 0 Å². The zero-order chi connectivity index (χ0) is 19.5. The van der Waals surface area contributed by atoms with Crippen molar-refractivity contribution in [2.75, 3.05) is 0 Å². The number of ether oxygens (including phenoxy) is 1. The Morgan fingerprint density at radius 2 is 2.04 bits per heavy atom. The molecule has 0 atom stereocenters. The zero-order valence-electron chi connectivity index (χ0n) is 15.1. The van der Waals surface area contributed by atoms with Gasteiger partial charge in [-0.15, -0.1) is 0 Å². The number of benzene rings is 2. The minimum absolute atomic E-state index is 0.256. The molecular formula is C22H17NO5. The maximum absolute atomic E-state index is 10.7. The van der Waals surface area contributed by atoms with Crippen LogP contribution in [0.2, 0.25) is 0 Å². The van der Waals surface area contributed by atoms with Crippen molar-refractivity contribution in [3.05, 3.63) is 78.1 Å². The van der Waals surface area contributed by atoms with Crippen LogP contribution in [-0.4, -0.2) is 16.1 Å². The number of rotatable bonds is 6. The van der Waals surface area contributed by atoms with Crippen LogP contribution in [0.5, 0.6) is 5.75 Å². The van der Waals surface area contributed by atoms with Gasteiger partial charge in [-0.25, -0.2) is 9.78 Å². The van der Waals surface area contributed by atoms with Crippen LogP contribution in [0.15, 0.2) is 69.7 Å². The predicted octanol–water partition coefficient (Wildman–Crippen LogP) is 5.07. The lowest BCUT2D eigenvalue weighted by Crippen LogP contribution is -1.97. The van der Waals surface area contributed by atoms with E-state index in [0.29, 0.717) is 23.2 Å². The largest absolute Gasteiger partial charge is 0.487 e. The van der Waals surface area contributed by atoms with Crippen LogP contribution in [-0.2, 0) is 11.4 Å². The van der Waals surface area contributed by atoms with Gasteiger partial charge in [-0.1, -0.05) is 18.2 Å². The molecule has 0 fully saturated rings. The van der Waals surface area contributed by atoms with E-state index in [2.05, 4.69) is 4.98 Å². The molecule has 4 aromatic rings. The minimum Gasteiger partial charge on any atom is -0.487 e. The average molecular weight is 375 g/mol. The molecule has 0 aliphatic rings. The number of fused-ring (bicyclic) bond motifs is 1. The molecule has 0 saturated heterocycles. The van der Waals surface area contributed by atoms with Crippen molar-refractivity contribution in [3.8, 4) is 17.2 Å². The molecule has 0 spiro atoms. The highest BCUT2D eigenvalue weighted by Gasteiger charge is 2.12. The van der Waals surface area contributed by atoms with E-state index in [-0.39, 0.29) is 6.61 Å². The Hall–Kier alpha value is -3.80. The van der Waals surface area contributed by atoms with Gasteiger partial charge in [0.1, 0.15) is 29.6 Å². The van der Waals surface area contributed by atoms with Gasteiger partial charge in [0.15, 0.2) is 0 Å². The quantitative estimate of drug-likeness (QED) is 0.473. The Labute approximate surface area is 160 Å². The highest BCUT2D eigenvalue weighted by molar-refractivity contribution is 5.93. The van der Waals surface area contributed by atoms with Crippen LogP contribution in [0, 0.1) is 6.92 Å². The average Bonchev–Trinajstić information content (AvgIpc) is 3.28. The number of carboxylic acids is 1. The van der Waals surface area contributed by atoms with Gasteiger partial charge in [0.25, 0.3) is 0 Å². The normalized spacial score (nSPS) is 11.3. The van der Waals surface area contributed by atoms with E-state index >= 15 is 0 Å². The van der Waals surface area contributed by atoms with Gasteiger partial charge in [0.05, 0.1) is 6.26 Å². The first-order valence-electron chi connectivity index (χ1n) is 8.67. The summed E-state index contributed by atoms with van der Waals surface area (Å²) in [5.74, 6) is 1.32. The molecule has 6 nitrogen and oxygen atoms in total. The molecule has 1 N–H and O–H groups in total. The van der Waals surface area contributed by atoms with Crippen molar-refractivity contribution >= 4 is 22.8 Å². The summed E-state index contributed by atoms with van der Waals surface area (Å²) in [4.78, 5) is 15.3. The number of aryl methyl sites for hydroxylation is 1. The smallest absolute Gasteiger partial charge is 0.328 e. The molecule has 0 aliphatic heterocycles. The Bertz CT molecular complexity index is 1150. The summed E-state index contributed by atoms with van der Waals surface area (Å²) in [5.41, 5.74) is 1.63. The van der Waals surface area contributed by atoms with E-state index in [1.54, 1.807) is 6.26 Å². The molecule has 0 unspecified atom stereocenters. The van der Waals surface area contributed by atoms with E-state index in [4.69, 9.17) is 18.7 Å². The number of carboxylic acid groups (broad SMARTS) is 1. The first-order chi connectivity index (χ1) is 13.6. The number of hydrogen-bond donors (Lipinski definition) is 1. The Morgan fingerprint density at radius 3 is 2.82 bits per heavy atom. The molecule has 0 saturated carbocycles. The molecule has 0 amide bonds. The first-order valence-corrected chi connectivity index (χ1v) is 8.67. The second-order valence-electron chi connectivity index (χ2n) is 6.20. The third-order valence-corrected chi connectivity index (χ3v) is 4.27. The lowest BCUT2D eigenvalue weighted by atomic mass is 10.1. The van der Waals surface area contributed by atoms with Crippen LogP contribution in [0.1, 0.15) is 17.2 Å². The van der Waals surface area contributed by atoms with Crippen molar-refractivity contribution in [1.29, 1.82) is 0 Å². The van der Waals surface area contributed by atoms with Gasteiger partial charge in [-0.3, -0.25) is 0 Å². The molecule has 2 aromatic heterocycles. The van der Waals surface area contributed by atoms with Crippen molar-refractivity contribution in [1.82, 2.24) is 4.98 Å². The summed E-state index contributed by atoms with van der Waals surface area (Å²) in [6, 6.07) is 15.2. The molecule has 28 heavy (non-hydrogen) atoms. The highest BCUT2D eigenvalue weighted by atomic mass is 16.5. The lowest BCUT2D eigenvalue weighted by molar-refractivity contribution is -0.131. The Kier molecular flexibility index (Phi) is 4.68. The molecule has 2 aromatic carbocycles. The van der Waals surface area contributed by atoms with E-state index in [1.165, 1.54) is 6.08 Å². The minimum atomic E-state index is -1.03. The first kappa shape index (κ1) is 17.6. The van der Waals surface area contributed by atoms with E-state index in [9.17, 15) is 4.79 Å². The second-order valence-corrected chi connectivity index (χ2v) is 6.20. The zero-order valence-corrected chi connectivity index (χ0v) is 15.1. The lowest BCUT2D eigenvalue weighted by Gasteiger charge is -2.04. The molecule has 2 heterocycles. The Morgan fingerprint density at radius 1 is 1.21 bits per heavy atom. The van der Waals surface area contributed by atoms with Gasteiger partial charge in [0.2, 0.25) is 5.89 Å². The van der Waals surface area contributed by atoms with Gasteiger partial charge in [-0.05, 0) is 43.3 Å². The monoisotopic (exact) mass is 375 g/mol. The third-order valence-electron chi connectivity index (χ3n) is 4.27. The fraction of sp³-hybridized carbons (Fsp3) is 0.0909. The number of oxazole rings is 1. The molecule has 0 bridgehead atoms. The van der Waals surface area contributed by atoms with E-state index in [1.807, 2.05) is 55.5 Å². The van der Waals surface area contributed by atoms with Crippen LogP contribution in [0.25, 0.3) is 28.3 Å². The predicted molar refractivity (Wildman–Crippen MR) is 104 cm³/mol. The van der Waals surface area contributed by atoms with Crippen molar-refractivity contribution < 1.29 is 23.5 Å². The standard InChI is InChI=1S/C22H17NO5/c1-14-19(23-22(28-14)15-5-3-2-4-6-15)13-26-17-8-7-16-12-27-20(18(16)11-17)9-10-21(24)25/h2-12H,13H2,1H3,(H,24,25). The number of aliphatic carboxylic acids is 1. The fourth-order valence-electron chi connectivity index (χ4n) is 2.83. The third kappa shape index (κ3) is 3.66. The van der Waals surface area contributed by atoms with Crippen molar-refractivity contribution in [3.63, 3.8) is 0 Å². The number of furan rings is 1. The summed E-state index contributed by atoms with van der Waals surface area (Å²) in [6.07, 6.45) is 4.03. The fourth-order valence-corrected chi connectivity index (χ4v) is 2.83. The number of aromatic nitrogens is 1. The molecule has 6 heteroatoms. The molecule has 140 valence electrons. The topological polar surface area (TPSA) is 85.7 Å². The summed E-state index contributed by atoms with van der Waals surface area (Å²) < 4.78 is 17.0. The van der Waals surface area contributed by atoms with Gasteiger partial charge >= 0.3 is 5.97 Å². The summed E-state index contributed by atoms with van der Waals surface area (Å²) in [7, 11) is 0. The van der Waals surface area contributed by atoms with Crippen molar-refractivity contribution in [2.24, 2.45) is 0 Å². The summed E-state index contributed by atoms with van der Waals surface area (Å²) in [5, 5.41) is 10.4. The summed E-state index contributed by atoms with van der Waals surface area (Å²) >= 11 is 0. The molecule has 4 rings (SSSR count). The van der Waals surface area contributed by atoms with Crippen LogP contribution in [0.4, 0.5) is 0 Å². The number of nitrogens with zero attached hydrogens (tertiary/aromatic N) is 1. The second kappa shape index (κ2) is 7.44. The SMILES string of the molecule is Cc1oc(-c2ccccc2)nc1COc1ccc2coc(C=CC(=O)O)c2c1. The molecular weight excluding hydrogens is 358 g/mol. The maximum atomic E-state index is 10.7. The van der Waals surface area contributed by atoms with Gasteiger partial charge in [0, 0.05) is 22.4 Å². The molecule has 0 radical (unpaired) electrons. The van der Waals surface area contributed by atoms with Gasteiger partial charge in [-0.2, -0.15) is 0 Å². The molecule has 0 aliphatic carbocycles. The highest BCUT2D eigenvalue weighted by Crippen LogP contribution is 2.28. The Balaban J connectivity index is 1.54. The van der Waals surface area contributed by atoms with E-state index < -0.39 is 5.97 Å². The van der Waals surface area contributed by atoms with Crippen LogP contribution < -0.4 is 4.74 Å². The van der Waals surface area contributed by atoms with Gasteiger partial charge < -0.3 is 18.7 Å².